The number of allylic oxidation sites excluding steroid dienone is 2. The van der Waals surface area contributed by atoms with Gasteiger partial charge in [0.25, 0.3) is 0 Å². The van der Waals surface area contributed by atoms with E-state index in [1.165, 1.54) is 18.2 Å². The number of halogens is 1. The fourth-order valence-electron chi connectivity index (χ4n) is 1.64. The first-order valence-electron chi connectivity index (χ1n) is 7.60. The van der Waals surface area contributed by atoms with Crippen molar-refractivity contribution in [3.63, 3.8) is 0 Å². The summed E-state index contributed by atoms with van der Waals surface area (Å²) in [4.78, 5) is 20.4. The van der Waals surface area contributed by atoms with Crippen molar-refractivity contribution >= 4 is 5.97 Å². The molecule has 1 aromatic rings. The summed E-state index contributed by atoms with van der Waals surface area (Å²) in [5, 5.41) is 0. The molecular formula is C18H25FN2O3. The Morgan fingerprint density at radius 2 is 2.04 bits per heavy atom. The number of rotatable bonds is 7. The first-order chi connectivity index (χ1) is 11.5. The number of pyridine rings is 1. The zero-order valence-corrected chi connectivity index (χ0v) is 14.9. The van der Waals surface area contributed by atoms with Crippen LogP contribution in [0.3, 0.4) is 0 Å². The van der Waals surface area contributed by atoms with Crippen LogP contribution >= 0.6 is 0 Å². The lowest BCUT2D eigenvalue weighted by molar-refractivity contribution is -0.177. The van der Waals surface area contributed by atoms with E-state index in [4.69, 9.17) is 4.74 Å². The van der Waals surface area contributed by atoms with Crippen molar-refractivity contribution < 1.29 is 19.0 Å². The van der Waals surface area contributed by atoms with Crippen LogP contribution in [-0.2, 0) is 16.3 Å². The average Bonchev–Trinajstić information content (AvgIpc) is 2.58. The maximum Gasteiger partial charge on any atom is 0.379 e. The summed E-state index contributed by atoms with van der Waals surface area (Å²) in [6.45, 7) is 9.98. The maximum absolute atomic E-state index is 11.9. The van der Waals surface area contributed by atoms with Gasteiger partial charge in [-0.1, -0.05) is 32.6 Å². The van der Waals surface area contributed by atoms with E-state index in [2.05, 4.69) is 16.5 Å². The Balaban J connectivity index is 0.00000254. The summed E-state index contributed by atoms with van der Waals surface area (Å²) in [5.74, 6) is -0.372. The predicted molar refractivity (Wildman–Crippen MR) is 92.8 cm³/mol. The molecule has 0 bridgehead atoms. The smallest absolute Gasteiger partial charge is 0.379 e. The van der Waals surface area contributed by atoms with Crippen LogP contribution in [0, 0.1) is 0 Å². The van der Waals surface area contributed by atoms with E-state index in [1.54, 1.807) is 13.1 Å². The third kappa shape index (κ3) is 7.69. The topological polar surface area (TPSA) is 51.7 Å². The highest BCUT2D eigenvalue weighted by Crippen LogP contribution is 2.18. The molecule has 0 fully saturated rings. The van der Waals surface area contributed by atoms with Crippen molar-refractivity contribution in [2.45, 2.75) is 27.3 Å². The third-order valence-corrected chi connectivity index (χ3v) is 2.63. The number of hydrogen-bond acceptors (Lipinski definition) is 5. The van der Waals surface area contributed by atoms with Crippen molar-refractivity contribution in [1.82, 2.24) is 9.88 Å². The Morgan fingerprint density at radius 3 is 2.58 bits per heavy atom. The molecular weight excluding hydrogens is 311 g/mol. The molecule has 0 saturated heterocycles. The van der Waals surface area contributed by atoms with Gasteiger partial charge < -0.3 is 9.64 Å². The van der Waals surface area contributed by atoms with Crippen LogP contribution in [-0.4, -0.2) is 29.9 Å². The first kappa shape index (κ1) is 21.5. The summed E-state index contributed by atoms with van der Waals surface area (Å²) in [6.07, 6.45) is 5.84. The summed E-state index contributed by atoms with van der Waals surface area (Å²) >= 11 is 0. The second kappa shape index (κ2) is 12.0. The predicted octanol–water partition coefficient (Wildman–Crippen LogP) is 3.99. The van der Waals surface area contributed by atoms with E-state index in [9.17, 15) is 9.32 Å². The minimum absolute atomic E-state index is 0.0572. The van der Waals surface area contributed by atoms with Crippen LogP contribution in [0.4, 0.5) is 4.53 Å². The van der Waals surface area contributed by atoms with Gasteiger partial charge in [-0.2, -0.15) is 0 Å². The van der Waals surface area contributed by atoms with Gasteiger partial charge in [-0.3, -0.25) is 0 Å². The average molecular weight is 336 g/mol. The Bertz CT molecular complexity index is 596. The Morgan fingerprint density at radius 1 is 1.38 bits per heavy atom. The molecule has 0 N–H and O–H groups in total. The molecule has 6 heteroatoms. The van der Waals surface area contributed by atoms with Gasteiger partial charge in [0.05, 0.1) is 5.57 Å². The largest absolute Gasteiger partial charge is 0.439 e. The fourth-order valence-corrected chi connectivity index (χ4v) is 1.64. The fraction of sp³-hybridized carbons (Fsp3) is 0.333. The van der Waals surface area contributed by atoms with Crippen LogP contribution in [0.5, 0.6) is 5.88 Å². The molecule has 5 nitrogen and oxygen atoms in total. The number of ether oxygens (including phenoxy) is 1. The molecule has 0 aromatic carbocycles. The van der Waals surface area contributed by atoms with Crippen LogP contribution < -0.4 is 4.74 Å². The van der Waals surface area contributed by atoms with E-state index >= 15 is 0 Å². The van der Waals surface area contributed by atoms with Crippen molar-refractivity contribution in [2.24, 2.45) is 0 Å². The molecule has 1 aromatic heterocycles. The molecule has 132 valence electrons. The molecule has 1 heterocycles. The minimum Gasteiger partial charge on any atom is -0.439 e. The molecule has 1 rings (SSSR count). The molecule has 0 atom stereocenters. The number of hydrogen-bond donors (Lipinski definition) is 0. The highest BCUT2D eigenvalue weighted by molar-refractivity contribution is 5.91. The van der Waals surface area contributed by atoms with Gasteiger partial charge in [-0.25, -0.2) is 14.7 Å². The van der Waals surface area contributed by atoms with Gasteiger partial charge in [0.1, 0.15) is 5.76 Å². The Kier molecular flexibility index (Phi) is 10.8. The molecule has 0 aliphatic heterocycles. The molecule has 0 aliphatic carbocycles. The van der Waals surface area contributed by atoms with E-state index < -0.39 is 5.97 Å². The molecule has 0 aliphatic rings. The van der Waals surface area contributed by atoms with Crippen molar-refractivity contribution in [2.75, 3.05) is 14.1 Å². The Hall–Kier alpha value is -2.47. The van der Waals surface area contributed by atoms with Crippen molar-refractivity contribution in [1.29, 1.82) is 0 Å². The van der Waals surface area contributed by atoms with Crippen LogP contribution in [0.15, 0.2) is 54.5 Å². The summed E-state index contributed by atoms with van der Waals surface area (Å²) in [5.41, 5.74) is 0.957. The normalized spacial score (nSPS) is 11.0. The van der Waals surface area contributed by atoms with E-state index in [-0.39, 0.29) is 11.3 Å². The number of nitrogens with zero attached hydrogens (tertiary/aromatic N) is 2. The van der Waals surface area contributed by atoms with Gasteiger partial charge >= 0.3 is 5.97 Å². The lowest BCUT2D eigenvalue weighted by Gasteiger charge is -2.13. The highest BCUT2D eigenvalue weighted by atomic mass is 19.3. The molecule has 0 radical (unpaired) electrons. The van der Waals surface area contributed by atoms with E-state index in [0.717, 1.165) is 5.56 Å². The van der Waals surface area contributed by atoms with Gasteiger partial charge in [0, 0.05) is 22.8 Å². The highest BCUT2D eigenvalue weighted by Gasteiger charge is 2.09. The van der Waals surface area contributed by atoms with E-state index in [1.807, 2.05) is 45.0 Å². The lowest BCUT2D eigenvalue weighted by Crippen LogP contribution is -2.12. The van der Waals surface area contributed by atoms with Crippen molar-refractivity contribution in [3.05, 3.63) is 60.0 Å². The molecule has 0 amide bonds. The zero-order valence-electron chi connectivity index (χ0n) is 14.9. The summed E-state index contributed by atoms with van der Waals surface area (Å²) in [6, 6.07) is 3.72. The molecule has 0 unspecified atom stereocenters. The van der Waals surface area contributed by atoms with Gasteiger partial charge in [0.2, 0.25) is 5.88 Å². The van der Waals surface area contributed by atoms with Gasteiger partial charge in [0.15, 0.2) is 0 Å². The molecule has 0 spiro atoms. The van der Waals surface area contributed by atoms with Gasteiger partial charge in [-0.05, 0) is 39.2 Å². The van der Waals surface area contributed by atoms with E-state index in [0.29, 0.717) is 12.4 Å². The number of aromatic nitrogens is 1. The van der Waals surface area contributed by atoms with Crippen molar-refractivity contribution in [3.8, 4) is 5.88 Å². The minimum atomic E-state index is -1.07. The Labute approximate surface area is 143 Å². The van der Waals surface area contributed by atoms with Crippen LogP contribution in [0.25, 0.3) is 0 Å². The quantitative estimate of drug-likeness (QED) is 0.428. The third-order valence-electron chi connectivity index (χ3n) is 2.63. The number of carbonyl (C=O) groups is 1. The second-order valence-corrected chi connectivity index (χ2v) is 4.72. The van der Waals surface area contributed by atoms with Crippen LogP contribution in [0.2, 0.25) is 0 Å². The standard InChI is InChI=1S/C16H19FN2O3.C2H6/c1-5-13(16(20)22-17)9-8-12(2)21-15-14(11-19(3)4)7-6-10-18-15;1-2/h5-10H,2,11H2,1,3-4H3;1-2H3/b9-8-,13-5+;. The molecule has 24 heavy (non-hydrogen) atoms. The monoisotopic (exact) mass is 336 g/mol. The zero-order chi connectivity index (χ0) is 18.5. The van der Waals surface area contributed by atoms with Gasteiger partial charge in [-0.15, -0.1) is 0 Å². The molecule has 0 saturated carbocycles. The lowest BCUT2D eigenvalue weighted by atomic mass is 10.2. The summed E-state index contributed by atoms with van der Waals surface area (Å²) in [7, 11) is 3.87. The first-order valence-corrected chi connectivity index (χ1v) is 7.60. The van der Waals surface area contributed by atoms with Crippen LogP contribution in [0.1, 0.15) is 26.3 Å². The summed E-state index contributed by atoms with van der Waals surface area (Å²) < 4.78 is 17.4. The SMILES string of the molecule is C=C(/C=C\C(=C/C)C(=O)OF)Oc1ncccc1CN(C)C.CC. The number of carbonyl (C=O) groups excluding carboxylic acids is 1. The second-order valence-electron chi connectivity index (χ2n) is 4.72. The maximum atomic E-state index is 11.9.